The second-order valence-corrected chi connectivity index (χ2v) is 6.46. The smallest absolute Gasteiger partial charge is 0.299 e. The van der Waals surface area contributed by atoms with Crippen LogP contribution in [0.4, 0.5) is 5.69 Å². The monoisotopic (exact) mass is 315 g/mol. The molecule has 0 unspecified atom stereocenters. The standard InChI is InChI=1S/C13H18ClN3O2S/c1-10(2)9-16-20(18,19)17-13-8-11(4-3-7-15)5-6-12(13)14/h5-6,8,10,16-17H,7,9,15H2,1-2H3. The first-order valence-corrected chi connectivity index (χ1v) is 7.96. The molecule has 1 aromatic rings. The summed E-state index contributed by atoms with van der Waals surface area (Å²) in [5, 5.41) is 0.304. The molecule has 5 nitrogen and oxygen atoms in total. The van der Waals surface area contributed by atoms with E-state index >= 15 is 0 Å². The van der Waals surface area contributed by atoms with Crippen LogP contribution >= 0.6 is 11.6 Å². The third-order valence-corrected chi connectivity index (χ3v) is 3.59. The number of anilines is 1. The highest BCUT2D eigenvalue weighted by Gasteiger charge is 2.12. The first-order chi connectivity index (χ1) is 9.34. The third kappa shape index (κ3) is 5.80. The zero-order valence-electron chi connectivity index (χ0n) is 11.4. The van der Waals surface area contributed by atoms with Gasteiger partial charge in [0.15, 0.2) is 0 Å². The minimum absolute atomic E-state index is 0.212. The van der Waals surface area contributed by atoms with Crippen molar-refractivity contribution in [3.8, 4) is 11.8 Å². The zero-order valence-corrected chi connectivity index (χ0v) is 13.0. The average Bonchev–Trinajstić information content (AvgIpc) is 2.37. The highest BCUT2D eigenvalue weighted by molar-refractivity contribution is 7.90. The maximum atomic E-state index is 11.8. The molecule has 0 fully saturated rings. The van der Waals surface area contributed by atoms with Crippen molar-refractivity contribution in [2.45, 2.75) is 13.8 Å². The number of hydrogen-bond donors (Lipinski definition) is 3. The molecular weight excluding hydrogens is 298 g/mol. The van der Waals surface area contributed by atoms with Crippen molar-refractivity contribution >= 4 is 27.5 Å². The highest BCUT2D eigenvalue weighted by Crippen LogP contribution is 2.23. The number of halogens is 1. The van der Waals surface area contributed by atoms with Gasteiger partial charge in [-0.15, -0.1) is 0 Å². The van der Waals surface area contributed by atoms with E-state index in [1.165, 1.54) is 0 Å². The van der Waals surface area contributed by atoms with Gasteiger partial charge in [-0.1, -0.05) is 37.3 Å². The summed E-state index contributed by atoms with van der Waals surface area (Å²) in [5.41, 5.74) is 6.22. The molecule has 0 amide bonds. The van der Waals surface area contributed by atoms with Crippen molar-refractivity contribution in [2.24, 2.45) is 11.7 Å². The predicted molar refractivity (Wildman–Crippen MR) is 82.8 cm³/mol. The van der Waals surface area contributed by atoms with Gasteiger partial charge in [0.05, 0.1) is 17.3 Å². The number of nitrogens with two attached hydrogens (primary N) is 1. The van der Waals surface area contributed by atoms with E-state index in [9.17, 15) is 8.42 Å². The van der Waals surface area contributed by atoms with Gasteiger partial charge in [-0.05, 0) is 24.1 Å². The van der Waals surface area contributed by atoms with Crippen LogP contribution in [-0.2, 0) is 10.2 Å². The molecule has 0 spiro atoms. The fourth-order valence-electron chi connectivity index (χ4n) is 1.29. The molecule has 0 heterocycles. The lowest BCUT2D eigenvalue weighted by atomic mass is 10.2. The van der Waals surface area contributed by atoms with Gasteiger partial charge >= 0.3 is 0 Å². The molecular formula is C13H18ClN3O2S. The van der Waals surface area contributed by atoms with Crippen LogP contribution in [0.15, 0.2) is 18.2 Å². The minimum Gasteiger partial charge on any atom is -0.320 e. The Morgan fingerprint density at radius 2 is 2.10 bits per heavy atom. The summed E-state index contributed by atoms with van der Waals surface area (Å²) in [5.74, 6) is 5.73. The molecule has 110 valence electrons. The Hall–Kier alpha value is -1.26. The van der Waals surface area contributed by atoms with E-state index in [1.807, 2.05) is 13.8 Å². The van der Waals surface area contributed by atoms with Crippen LogP contribution < -0.4 is 15.2 Å². The second-order valence-electron chi connectivity index (χ2n) is 4.55. The molecule has 4 N–H and O–H groups in total. The van der Waals surface area contributed by atoms with Crippen molar-refractivity contribution < 1.29 is 8.42 Å². The van der Waals surface area contributed by atoms with Crippen molar-refractivity contribution in [1.82, 2.24) is 4.72 Å². The molecule has 0 aromatic heterocycles. The Balaban J connectivity index is 2.91. The summed E-state index contributed by atoms with van der Waals surface area (Å²) in [4.78, 5) is 0. The Morgan fingerprint density at radius 3 is 2.70 bits per heavy atom. The Bertz CT molecular complexity index is 618. The van der Waals surface area contributed by atoms with Gasteiger partial charge in [0.2, 0.25) is 0 Å². The van der Waals surface area contributed by atoms with Gasteiger partial charge in [0, 0.05) is 12.1 Å². The third-order valence-electron chi connectivity index (χ3n) is 2.23. The van der Waals surface area contributed by atoms with Gasteiger partial charge in [0.1, 0.15) is 0 Å². The van der Waals surface area contributed by atoms with E-state index in [-0.39, 0.29) is 18.2 Å². The minimum atomic E-state index is -3.65. The van der Waals surface area contributed by atoms with Gasteiger partial charge < -0.3 is 5.73 Å². The van der Waals surface area contributed by atoms with Crippen LogP contribution in [0.2, 0.25) is 5.02 Å². The van der Waals surface area contributed by atoms with E-state index in [1.54, 1.807) is 18.2 Å². The summed E-state index contributed by atoms with van der Waals surface area (Å²) in [7, 11) is -3.65. The van der Waals surface area contributed by atoms with Crippen LogP contribution in [-0.4, -0.2) is 21.5 Å². The van der Waals surface area contributed by atoms with Gasteiger partial charge in [-0.3, -0.25) is 4.72 Å². The van der Waals surface area contributed by atoms with E-state index in [4.69, 9.17) is 17.3 Å². The van der Waals surface area contributed by atoms with Crippen molar-refractivity contribution in [1.29, 1.82) is 0 Å². The largest absolute Gasteiger partial charge is 0.320 e. The molecule has 1 aromatic carbocycles. The summed E-state index contributed by atoms with van der Waals surface area (Å²) in [6.07, 6.45) is 0. The lowest BCUT2D eigenvalue weighted by molar-refractivity contribution is 0.565. The summed E-state index contributed by atoms with van der Waals surface area (Å²) < 4.78 is 28.5. The average molecular weight is 316 g/mol. The van der Waals surface area contributed by atoms with Crippen LogP contribution in [0.25, 0.3) is 0 Å². The number of benzene rings is 1. The summed E-state index contributed by atoms with van der Waals surface area (Å²) in [6, 6.07) is 4.85. The fourth-order valence-corrected chi connectivity index (χ4v) is 2.60. The van der Waals surface area contributed by atoms with Crippen LogP contribution in [0.5, 0.6) is 0 Å². The summed E-state index contributed by atoms with van der Waals surface area (Å²) >= 11 is 5.97. The van der Waals surface area contributed by atoms with Crippen LogP contribution in [0.1, 0.15) is 19.4 Å². The number of nitrogens with one attached hydrogen (secondary N) is 2. The lowest BCUT2D eigenvalue weighted by Crippen LogP contribution is -2.32. The topological polar surface area (TPSA) is 84.2 Å². The predicted octanol–water partition coefficient (Wildman–Crippen LogP) is 1.55. The second kappa shape index (κ2) is 7.50. The molecule has 0 bridgehead atoms. The molecule has 0 aliphatic heterocycles. The van der Waals surface area contributed by atoms with E-state index < -0.39 is 10.2 Å². The van der Waals surface area contributed by atoms with Crippen LogP contribution in [0.3, 0.4) is 0 Å². The molecule has 20 heavy (non-hydrogen) atoms. The van der Waals surface area contributed by atoms with E-state index in [0.29, 0.717) is 17.1 Å². The Morgan fingerprint density at radius 1 is 1.40 bits per heavy atom. The zero-order chi connectivity index (χ0) is 15.2. The fraction of sp³-hybridized carbons (Fsp3) is 0.385. The normalized spacial score (nSPS) is 11.1. The molecule has 0 aliphatic rings. The first-order valence-electron chi connectivity index (χ1n) is 6.10. The molecule has 1 rings (SSSR count). The van der Waals surface area contributed by atoms with Crippen molar-refractivity contribution in [2.75, 3.05) is 17.8 Å². The molecule has 0 aliphatic carbocycles. The van der Waals surface area contributed by atoms with E-state index in [2.05, 4.69) is 21.3 Å². The van der Waals surface area contributed by atoms with Gasteiger partial charge in [-0.25, -0.2) is 0 Å². The quantitative estimate of drug-likeness (QED) is 0.721. The number of rotatable bonds is 5. The first kappa shape index (κ1) is 16.8. The molecule has 7 heteroatoms. The van der Waals surface area contributed by atoms with Gasteiger partial charge in [-0.2, -0.15) is 13.1 Å². The lowest BCUT2D eigenvalue weighted by Gasteiger charge is -2.12. The molecule has 0 atom stereocenters. The maximum Gasteiger partial charge on any atom is 0.299 e. The van der Waals surface area contributed by atoms with Crippen molar-refractivity contribution in [3.05, 3.63) is 28.8 Å². The molecule has 0 saturated heterocycles. The maximum absolute atomic E-state index is 11.8. The molecule has 0 saturated carbocycles. The van der Waals surface area contributed by atoms with Crippen LogP contribution in [0, 0.1) is 17.8 Å². The Kier molecular flexibility index (Phi) is 6.30. The summed E-state index contributed by atoms with van der Waals surface area (Å²) in [6.45, 7) is 4.41. The Labute approximate surface area is 125 Å². The SMILES string of the molecule is CC(C)CNS(=O)(=O)Nc1cc(C#CCN)ccc1Cl. The molecule has 0 radical (unpaired) electrons. The van der Waals surface area contributed by atoms with Gasteiger partial charge in [0.25, 0.3) is 10.2 Å². The highest BCUT2D eigenvalue weighted by atomic mass is 35.5. The van der Waals surface area contributed by atoms with Crippen molar-refractivity contribution in [3.63, 3.8) is 0 Å². The number of hydrogen-bond acceptors (Lipinski definition) is 3. The van der Waals surface area contributed by atoms with E-state index in [0.717, 1.165) is 0 Å².